The maximum atomic E-state index is 10.6. The molecule has 1 unspecified atom stereocenters. The third-order valence-electron chi connectivity index (χ3n) is 5.91. The Morgan fingerprint density at radius 2 is 2.04 bits per heavy atom. The molecule has 138 valence electrons. The van der Waals surface area contributed by atoms with Gasteiger partial charge < -0.3 is 14.7 Å². The van der Waals surface area contributed by atoms with Crippen LogP contribution in [0.1, 0.15) is 63.8 Å². The van der Waals surface area contributed by atoms with E-state index in [0.717, 1.165) is 56.9 Å². The lowest BCUT2D eigenvalue weighted by Gasteiger charge is -2.44. The molecule has 1 atom stereocenters. The first-order valence-electron chi connectivity index (χ1n) is 9.72. The molecule has 3 aliphatic rings. The van der Waals surface area contributed by atoms with E-state index in [-0.39, 0.29) is 5.60 Å². The Hall–Kier alpha value is -1.40. The summed E-state index contributed by atoms with van der Waals surface area (Å²) in [4.78, 5) is 2.31. The molecule has 1 aliphatic carbocycles. The van der Waals surface area contributed by atoms with Crippen LogP contribution >= 0.6 is 0 Å². The van der Waals surface area contributed by atoms with E-state index in [1.54, 1.807) is 0 Å². The fourth-order valence-corrected chi connectivity index (χ4v) is 4.22. The van der Waals surface area contributed by atoms with E-state index in [4.69, 9.17) is 4.74 Å². The maximum Gasteiger partial charge on any atom is 0.227 e. The maximum absolute atomic E-state index is 10.6. The molecule has 25 heavy (non-hydrogen) atoms. The van der Waals surface area contributed by atoms with Gasteiger partial charge in [0.25, 0.3) is 0 Å². The molecule has 1 N–H and O–H groups in total. The van der Waals surface area contributed by atoms with Gasteiger partial charge in [-0.25, -0.2) is 0 Å². The van der Waals surface area contributed by atoms with E-state index in [1.807, 2.05) is 6.92 Å². The highest BCUT2D eigenvalue weighted by Gasteiger charge is 2.39. The second-order valence-corrected chi connectivity index (χ2v) is 8.16. The van der Waals surface area contributed by atoms with E-state index < -0.39 is 6.10 Å². The van der Waals surface area contributed by atoms with Crippen molar-refractivity contribution in [3.8, 4) is 0 Å². The van der Waals surface area contributed by atoms with Crippen molar-refractivity contribution in [1.29, 1.82) is 0 Å². The number of aromatic nitrogens is 3. The van der Waals surface area contributed by atoms with Crippen molar-refractivity contribution in [3.63, 3.8) is 0 Å². The highest BCUT2D eigenvalue weighted by Crippen LogP contribution is 2.41. The largest absolute Gasteiger partial charge is 0.385 e. The Morgan fingerprint density at radius 1 is 1.28 bits per heavy atom. The Balaban J connectivity index is 1.52. The van der Waals surface area contributed by atoms with Crippen molar-refractivity contribution in [2.45, 2.75) is 70.1 Å². The molecule has 3 heterocycles. The molecule has 1 aromatic rings. The molecule has 0 aromatic carbocycles. The minimum Gasteiger partial charge on any atom is -0.385 e. The quantitative estimate of drug-likeness (QED) is 0.831. The number of hydrogen-bond acceptors (Lipinski definition) is 5. The molecule has 1 aromatic heterocycles. The van der Waals surface area contributed by atoms with E-state index in [2.05, 4.69) is 26.2 Å². The molecule has 0 radical (unpaired) electrons. The number of piperidine rings is 1. The van der Waals surface area contributed by atoms with Crippen LogP contribution in [-0.4, -0.2) is 45.2 Å². The number of rotatable bonds is 5. The first-order valence-corrected chi connectivity index (χ1v) is 9.72. The number of allylic oxidation sites excluding steroid dienone is 1. The number of ether oxygens (including phenoxy) is 1. The van der Waals surface area contributed by atoms with Crippen LogP contribution in [0.3, 0.4) is 0 Å². The molecule has 3 fully saturated rings. The molecular formula is C19H30N4O2. The molecule has 1 spiro atoms. The lowest BCUT2D eigenvalue weighted by atomic mass is 9.84. The van der Waals surface area contributed by atoms with E-state index in [1.165, 1.54) is 19.3 Å². The Kier molecular flexibility index (Phi) is 4.58. The summed E-state index contributed by atoms with van der Waals surface area (Å²) in [5, 5.41) is 19.4. The summed E-state index contributed by atoms with van der Waals surface area (Å²) >= 11 is 0. The van der Waals surface area contributed by atoms with Crippen molar-refractivity contribution >= 4 is 5.95 Å². The second kappa shape index (κ2) is 6.72. The molecular weight excluding hydrogens is 316 g/mol. The van der Waals surface area contributed by atoms with Crippen molar-refractivity contribution in [3.05, 3.63) is 18.0 Å². The zero-order chi connectivity index (χ0) is 17.4. The van der Waals surface area contributed by atoms with Gasteiger partial charge >= 0.3 is 0 Å². The Bertz CT molecular complexity index is 621. The third kappa shape index (κ3) is 3.47. The first kappa shape index (κ1) is 17.0. The summed E-state index contributed by atoms with van der Waals surface area (Å²) in [5.41, 5.74) is 1.14. The van der Waals surface area contributed by atoms with Crippen LogP contribution in [0.2, 0.25) is 0 Å². The second-order valence-electron chi connectivity index (χ2n) is 8.16. The fourth-order valence-electron chi connectivity index (χ4n) is 4.22. The van der Waals surface area contributed by atoms with Gasteiger partial charge in [-0.15, -0.1) is 10.2 Å². The summed E-state index contributed by atoms with van der Waals surface area (Å²) in [5.74, 6) is 1.93. The highest BCUT2D eigenvalue weighted by atomic mass is 16.5. The third-order valence-corrected chi connectivity index (χ3v) is 5.91. The molecule has 2 aliphatic heterocycles. The lowest BCUT2D eigenvalue weighted by Crippen LogP contribution is -2.48. The van der Waals surface area contributed by atoms with Gasteiger partial charge in [0.2, 0.25) is 5.95 Å². The van der Waals surface area contributed by atoms with Gasteiger partial charge in [0, 0.05) is 26.2 Å². The summed E-state index contributed by atoms with van der Waals surface area (Å²) < 4.78 is 8.22. The van der Waals surface area contributed by atoms with Crippen LogP contribution in [0.5, 0.6) is 0 Å². The topological polar surface area (TPSA) is 63.4 Å². The van der Waals surface area contributed by atoms with Gasteiger partial charge in [0.1, 0.15) is 6.10 Å². The smallest absolute Gasteiger partial charge is 0.227 e. The normalized spacial score (nSPS) is 24.5. The zero-order valence-corrected chi connectivity index (χ0v) is 15.3. The fraction of sp³-hybridized carbons (Fsp3) is 0.789. The monoisotopic (exact) mass is 346 g/mol. The van der Waals surface area contributed by atoms with Crippen molar-refractivity contribution in [1.82, 2.24) is 14.8 Å². The van der Waals surface area contributed by atoms with Gasteiger partial charge in [0.05, 0.1) is 5.60 Å². The minimum absolute atomic E-state index is 0.0876. The predicted octanol–water partition coefficient (Wildman–Crippen LogP) is 2.84. The molecule has 2 saturated heterocycles. The summed E-state index contributed by atoms with van der Waals surface area (Å²) in [6.07, 6.45) is 7.43. The van der Waals surface area contributed by atoms with Gasteiger partial charge in [-0.3, -0.25) is 4.57 Å². The summed E-state index contributed by atoms with van der Waals surface area (Å²) in [6, 6.07) is 0. The van der Waals surface area contributed by atoms with E-state index in [0.29, 0.717) is 18.3 Å². The first-order chi connectivity index (χ1) is 12.1. The van der Waals surface area contributed by atoms with Crippen LogP contribution in [0.4, 0.5) is 5.95 Å². The zero-order valence-electron chi connectivity index (χ0n) is 15.3. The molecule has 0 bridgehead atoms. The summed E-state index contributed by atoms with van der Waals surface area (Å²) in [7, 11) is 0. The van der Waals surface area contributed by atoms with Crippen LogP contribution in [-0.2, 0) is 11.3 Å². The minimum atomic E-state index is -0.501. The van der Waals surface area contributed by atoms with Gasteiger partial charge in [-0.05, 0) is 57.8 Å². The number of hydrogen-bond donors (Lipinski definition) is 1. The van der Waals surface area contributed by atoms with E-state index in [9.17, 15) is 5.11 Å². The van der Waals surface area contributed by atoms with Crippen molar-refractivity contribution in [2.75, 3.05) is 24.6 Å². The average Bonchev–Trinajstić information content (AvgIpc) is 3.38. The Morgan fingerprint density at radius 3 is 2.64 bits per heavy atom. The molecule has 4 rings (SSSR count). The van der Waals surface area contributed by atoms with Gasteiger partial charge in [-0.2, -0.15) is 0 Å². The summed E-state index contributed by atoms with van der Waals surface area (Å²) in [6.45, 7) is 9.51. The van der Waals surface area contributed by atoms with Crippen molar-refractivity contribution in [2.24, 2.45) is 5.92 Å². The van der Waals surface area contributed by atoms with Crippen LogP contribution in [0.15, 0.2) is 12.2 Å². The molecule has 1 saturated carbocycles. The molecule has 6 nitrogen and oxygen atoms in total. The van der Waals surface area contributed by atoms with Gasteiger partial charge in [0.15, 0.2) is 5.82 Å². The Labute approximate surface area is 149 Å². The van der Waals surface area contributed by atoms with E-state index >= 15 is 0 Å². The average molecular weight is 346 g/mol. The van der Waals surface area contributed by atoms with Crippen molar-refractivity contribution < 1.29 is 9.84 Å². The lowest BCUT2D eigenvalue weighted by molar-refractivity contribution is -0.0922. The highest BCUT2D eigenvalue weighted by molar-refractivity contribution is 5.34. The van der Waals surface area contributed by atoms with Crippen LogP contribution in [0, 0.1) is 5.92 Å². The number of aliphatic hydroxyl groups is 1. The van der Waals surface area contributed by atoms with Crippen LogP contribution < -0.4 is 4.90 Å². The number of nitrogens with zero attached hydrogens (tertiary/aromatic N) is 4. The molecule has 0 amide bonds. The van der Waals surface area contributed by atoms with Gasteiger partial charge in [-0.1, -0.05) is 12.2 Å². The molecule has 6 heteroatoms. The predicted molar refractivity (Wildman–Crippen MR) is 96.5 cm³/mol. The van der Waals surface area contributed by atoms with Crippen LogP contribution in [0.25, 0.3) is 0 Å². The number of aliphatic hydroxyl groups excluding tert-OH is 1. The standard InChI is InChI=1S/C19H30N4O2/c1-14(2)13-23-17(16(24)15-5-6-15)20-21-18(23)22-10-8-19(9-11-22)7-3-4-12-25-19/h15-16,24H,1,3-13H2,2H3. The number of anilines is 1. The SMILES string of the molecule is C=C(C)Cn1c(C(O)C2CC2)nnc1N1CCC2(CCCCO2)CC1.